The van der Waals surface area contributed by atoms with Crippen LogP contribution in [-0.4, -0.2) is 76.8 Å². The fraction of sp³-hybridized carbons (Fsp3) is 0.333. The van der Waals surface area contributed by atoms with E-state index in [9.17, 15) is 48.5 Å². The van der Waals surface area contributed by atoms with Gasteiger partial charge in [-0.15, -0.1) is 0 Å². The Bertz CT molecular complexity index is 2850. The summed E-state index contributed by atoms with van der Waals surface area (Å²) in [7, 11) is 5.25. The van der Waals surface area contributed by atoms with Crippen LogP contribution in [0.25, 0.3) is 0 Å². The van der Waals surface area contributed by atoms with E-state index in [2.05, 4.69) is 28.5 Å². The fourth-order valence-corrected chi connectivity index (χ4v) is 8.23. The number of Topliss-reactive ketones (excluding diaryl/α,β-unsaturated/α-hetero) is 3. The number of benzene rings is 6. The van der Waals surface area contributed by atoms with Crippen LogP contribution in [0.3, 0.4) is 0 Å². The summed E-state index contributed by atoms with van der Waals surface area (Å²) in [6.45, 7) is 2.02. The number of para-hydroxylation sites is 5. The van der Waals surface area contributed by atoms with Crippen molar-refractivity contribution in [3.8, 4) is 0 Å². The van der Waals surface area contributed by atoms with Gasteiger partial charge >= 0.3 is 16.5 Å². The zero-order valence-corrected chi connectivity index (χ0v) is 50.0. The Balaban J connectivity index is 0.000000382. The predicted molar refractivity (Wildman–Crippen MR) is 336 cm³/mol. The largest absolute Gasteiger partial charge is 0.481 e. The maximum Gasteiger partial charge on any atom is 0.304 e. The molecule has 0 spiro atoms. The quantitative estimate of drug-likeness (QED) is 0.00753. The molecule has 84 heavy (non-hydrogen) atoms. The minimum absolute atomic E-state index is 0.0678. The highest BCUT2D eigenvalue weighted by Gasteiger charge is 2.15. The zero-order valence-electron chi connectivity index (χ0n) is 48.5. The summed E-state index contributed by atoms with van der Waals surface area (Å²) in [4.78, 5) is 103. The lowest BCUT2D eigenvalue weighted by Gasteiger charge is -2.19. The Morgan fingerprint density at radius 1 is 0.464 bits per heavy atom. The van der Waals surface area contributed by atoms with Crippen LogP contribution in [0.4, 0.5) is 28.4 Å². The number of aryl methyl sites for hydroxylation is 1. The number of carboxylic acids is 1. The van der Waals surface area contributed by atoms with Gasteiger partial charge in [-0.2, -0.15) is 0 Å². The number of amides is 2. The number of anilines is 4. The van der Waals surface area contributed by atoms with Crippen LogP contribution < -0.4 is 20.9 Å². The summed E-state index contributed by atoms with van der Waals surface area (Å²) in [5, 5.41) is 19.3. The number of nitro benzene ring substituents is 1. The van der Waals surface area contributed by atoms with Crippen LogP contribution in [0.2, 0.25) is 0 Å². The first-order chi connectivity index (χ1) is 40.3. The molecule has 0 aliphatic carbocycles. The highest BCUT2D eigenvalue weighted by molar-refractivity contribution is 6.97. The molecule has 4 N–H and O–H groups in total. The molecule has 6 rings (SSSR count). The summed E-state index contributed by atoms with van der Waals surface area (Å²) >= 11 is 8.98. The number of unbranched alkanes of at least 4 members (excludes halogenated alkanes) is 9. The van der Waals surface area contributed by atoms with E-state index in [0.29, 0.717) is 49.9 Å². The number of nitrogens with zero attached hydrogens (tertiary/aromatic N) is 3. The number of hydrogen-bond acceptors (Lipinski definition) is 12. The van der Waals surface area contributed by atoms with Gasteiger partial charge in [-0.05, 0) is 98.5 Å². The third-order valence-electron chi connectivity index (χ3n) is 13.0. The van der Waals surface area contributed by atoms with Crippen LogP contribution in [0.5, 0.6) is 0 Å². The molecule has 6 aromatic carbocycles. The Labute approximate surface area is 503 Å². The summed E-state index contributed by atoms with van der Waals surface area (Å²) in [6.07, 6.45) is 13.7. The molecule has 2 amide bonds. The van der Waals surface area contributed by atoms with E-state index in [1.807, 2.05) is 147 Å². The molecule has 448 valence electrons. The van der Waals surface area contributed by atoms with E-state index in [1.54, 1.807) is 48.2 Å². The number of nitrogen functional groups attached to an aromatic ring is 1. The number of carbonyl (C=O) groups is 8. The summed E-state index contributed by atoms with van der Waals surface area (Å²) in [5.41, 5.74) is 12.3. The van der Waals surface area contributed by atoms with Gasteiger partial charge in [0, 0.05) is 88.1 Å². The normalized spacial score (nSPS) is 10.0. The smallest absolute Gasteiger partial charge is 0.304 e. The number of rotatable bonds is 29. The predicted octanol–water partition coefficient (Wildman–Crippen LogP) is 15.1. The van der Waals surface area contributed by atoms with E-state index in [1.165, 1.54) is 6.07 Å². The van der Waals surface area contributed by atoms with E-state index in [0.717, 1.165) is 104 Å². The molecule has 0 aromatic heterocycles. The number of carboxylic acid groups (broad SMARTS) is 1. The number of carbonyl (C=O) groups excluding carboxylic acids is 7. The molecule has 0 radical (unpaired) electrons. The van der Waals surface area contributed by atoms with Gasteiger partial charge < -0.3 is 26.0 Å². The van der Waals surface area contributed by atoms with Crippen molar-refractivity contribution in [3.63, 3.8) is 0 Å². The molecule has 0 unspecified atom stereocenters. The van der Waals surface area contributed by atoms with E-state index in [4.69, 9.17) is 10.8 Å². The number of nitro groups is 1. The van der Waals surface area contributed by atoms with Crippen molar-refractivity contribution in [3.05, 3.63) is 196 Å². The van der Waals surface area contributed by atoms with Gasteiger partial charge in [0.1, 0.15) is 5.69 Å². The van der Waals surface area contributed by atoms with Crippen molar-refractivity contribution in [1.82, 2.24) is 0 Å². The van der Waals surface area contributed by atoms with Gasteiger partial charge in [0.05, 0.1) is 16.3 Å². The molecule has 0 saturated heterocycles. The first-order valence-corrected chi connectivity index (χ1v) is 28.7. The molecule has 0 atom stereocenters. The second-order valence-electron chi connectivity index (χ2n) is 19.3. The van der Waals surface area contributed by atoms with E-state index >= 15 is 0 Å². The second-order valence-corrected chi connectivity index (χ2v) is 20.0. The maximum atomic E-state index is 12.3. The standard InChI is InChI=1S/C22H27NO2.C21H26N2O2.C14H18O3.C7H8N2O2.C2Cl2O2/c1-18-12-10-11-15-20(18)23(2)22(25)17-9-4-3-8-16-21(24)19-13-6-5-7-14-19;1-23(19-14-10-9-13-18(19)22)21(25)16-8-3-2-7-15-20(24)17-11-5-4-6-12-17;15-13(12-8-4-3-5-9-12)10-6-1-2-7-11-14(16)17;1-8-6-4-2-3-5-7(6)9(10)11;3-1(5)2(4)6/h5-7,10-15H,3-4,8-9,16-17H2,1-2H3;4-6,9-14H,2-3,7-8,15-16,22H2,1H3;3-5,8-9H,1-2,6-7,10-11H2,(H,16,17);2-5,8H,1H3;. The van der Waals surface area contributed by atoms with Crippen molar-refractivity contribution in [2.24, 2.45) is 0 Å². The van der Waals surface area contributed by atoms with Crippen molar-refractivity contribution in [2.75, 3.05) is 42.0 Å². The SMILES string of the molecule is CN(C(=O)CCCCCCC(=O)c1ccccc1)c1ccccc1N.CNc1ccccc1[N+](=O)[O-].Cc1ccccc1N(C)C(=O)CCCCCCC(=O)c1ccccc1.O=C(Cl)C(=O)Cl.O=C(O)CCCCCCC(=O)c1ccccc1. The Morgan fingerprint density at radius 3 is 1.13 bits per heavy atom. The maximum absolute atomic E-state index is 12.3. The topological polar surface area (TPSA) is 244 Å². The summed E-state index contributed by atoms with van der Waals surface area (Å²) in [6, 6.07) is 49.9. The summed E-state index contributed by atoms with van der Waals surface area (Å²) < 4.78 is 0. The van der Waals surface area contributed by atoms with Gasteiger partial charge in [0.2, 0.25) is 11.8 Å². The van der Waals surface area contributed by atoms with Crippen molar-refractivity contribution in [2.45, 2.75) is 122 Å². The molecule has 16 nitrogen and oxygen atoms in total. The lowest BCUT2D eigenvalue weighted by Crippen LogP contribution is -2.26. The average molecular weight is 1190 g/mol. The first-order valence-electron chi connectivity index (χ1n) is 28.0. The molecule has 0 saturated carbocycles. The molecule has 0 fully saturated rings. The highest BCUT2D eigenvalue weighted by Crippen LogP contribution is 2.24. The lowest BCUT2D eigenvalue weighted by molar-refractivity contribution is -0.383. The highest BCUT2D eigenvalue weighted by atomic mass is 35.5. The third-order valence-corrected chi connectivity index (χ3v) is 13.4. The number of halogens is 2. The van der Waals surface area contributed by atoms with Crippen LogP contribution in [0.1, 0.15) is 152 Å². The number of ketones is 3. The van der Waals surface area contributed by atoms with E-state index in [-0.39, 0.29) is 41.3 Å². The van der Waals surface area contributed by atoms with Gasteiger partial charge in [-0.25, -0.2) is 0 Å². The fourth-order valence-electron chi connectivity index (χ4n) is 8.23. The summed E-state index contributed by atoms with van der Waals surface area (Å²) in [5.74, 6) is 0.0362. The van der Waals surface area contributed by atoms with Gasteiger partial charge in [-0.1, -0.05) is 172 Å². The Hall–Kier alpha value is -8.34. The Kier molecular flexibility index (Phi) is 36.3. The molecule has 0 bridgehead atoms. The lowest BCUT2D eigenvalue weighted by atomic mass is 10.0. The van der Waals surface area contributed by atoms with Crippen LogP contribution in [0, 0.1) is 17.0 Å². The minimum atomic E-state index is -1.14. The molecule has 0 heterocycles. The van der Waals surface area contributed by atoms with Crippen LogP contribution in [0.15, 0.2) is 164 Å². The molecule has 0 aliphatic heterocycles. The molecular formula is C66H79Cl2N5O11. The zero-order chi connectivity index (χ0) is 62.1. The van der Waals surface area contributed by atoms with Gasteiger partial charge in [-0.3, -0.25) is 48.5 Å². The third kappa shape index (κ3) is 30.1. The number of hydrogen-bond donors (Lipinski definition) is 3. The average Bonchev–Trinajstić information content (AvgIpc) is 3.51. The second kappa shape index (κ2) is 42.5. The minimum Gasteiger partial charge on any atom is -0.481 e. The number of aliphatic carboxylic acids is 1. The van der Waals surface area contributed by atoms with Crippen molar-refractivity contribution >= 4 is 97.3 Å². The number of nitrogens with two attached hydrogens (primary N) is 1. The first kappa shape index (κ1) is 71.8. The molecular weight excluding hydrogens is 1110 g/mol. The van der Waals surface area contributed by atoms with Crippen LogP contribution in [-0.2, 0) is 24.0 Å². The molecule has 0 aliphatic rings. The Morgan fingerprint density at radius 2 is 0.786 bits per heavy atom. The molecule has 18 heteroatoms. The number of nitrogens with one attached hydrogen (secondary N) is 1. The van der Waals surface area contributed by atoms with Gasteiger partial charge in [0.25, 0.3) is 5.69 Å². The monoisotopic (exact) mass is 1190 g/mol. The van der Waals surface area contributed by atoms with E-state index < -0.39 is 21.4 Å². The van der Waals surface area contributed by atoms with Gasteiger partial charge in [0.15, 0.2) is 17.3 Å². The van der Waals surface area contributed by atoms with Crippen LogP contribution >= 0.6 is 23.2 Å². The molecule has 6 aromatic rings. The van der Waals surface area contributed by atoms with Crippen molar-refractivity contribution in [1.29, 1.82) is 0 Å². The van der Waals surface area contributed by atoms with Crippen molar-refractivity contribution < 1.29 is 48.4 Å².